The number of pyridine rings is 1. The molecule has 0 saturated heterocycles. The zero-order chi connectivity index (χ0) is 13.5. The number of H-pyrrole nitrogens is 1. The molecule has 0 unspecified atom stereocenters. The molecule has 1 rings (SSSR count). The molecule has 1 aromatic heterocycles. The van der Waals surface area contributed by atoms with Crippen LogP contribution >= 0.6 is 11.8 Å². The van der Waals surface area contributed by atoms with E-state index >= 15 is 0 Å². The highest BCUT2D eigenvalue weighted by atomic mass is 32.2. The number of nitrogens with one attached hydrogen (secondary N) is 1. The highest BCUT2D eigenvalue weighted by Crippen LogP contribution is 2.20. The quantitative estimate of drug-likeness (QED) is 0.608. The monoisotopic (exact) mass is 265 g/mol. The maximum absolute atomic E-state index is 11.4. The molecule has 0 atom stereocenters. The van der Waals surface area contributed by atoms with Crippen molar-refractivity contribution in [3.63, 3.8) is 0 Å². The minimum absolute atomic E-state index is 0.162. The summed E-state index contributed by atoms with van der Waals surface area (Å²) in [7, 11) is 0. The summed E-state index contributed by atoms with van der Waals surface area (Å²) in [5.41, 5.74) is -1.08. The van der Waals surface area contributed by atoms with Crippen LogP contribution in [0.1, 0.15) is 42.1 Å². The molecule has 0 aliphatic rings. The number of aromatic amines is 1. The van der Waals surface area contributed by atoms with Gasteiger partial charge in [-0.25, -0.2) is 0 Å². The molecule has 0 aliphatic heterocycles. The summed E-state index contributed by atoms with van der Waals surface area (Å²) >= 11 is 1.35. The van der Waals surface area contributed by atoms with Crippen LogP contribution in [-0.2, 0) is 0 Å². The Morgan fingerprint density at radius 3 is 2.83 bits per heavy atom. The fourth-order valence-electron chi connectivity index (χ4n) is 1.39. The fourth-order valence-corrected chi connectivity index (χ4v) is 2.37. The number of thioether (sulfide) groups is 1. The number of nitriles is 1. The van der Waals surface area contributed by atoms with E-state index in [1.54, 1.807) is 0 Å². The lowest BCUT2D eigenvalue weighted by molar-refractivity contribution is -0.255. The summed E-state index contributed by atoms with van der Waals surface area (Å²) in [6.45, 7) is 2.09. The van der Waals surface area contributed by atoms with Crippen molar-refractivity contribution < 1.29 is 9.90 Å². The summed E-state index contributed by atoms with van der Waals surface area (Å²) in [6, 6.07) is 2.94. The first-order chi connectivity index (χ1) is 8.60. The van der Waals surface area contributed by atoms with Gasteiger partial charge < -0.3 is 14.9 Å². The van der Waals surface area contributed by atoms with Crippen LogP contribution in [0.2, 0.25) is 0 Å². The number of rotatable bonds is 6. The molecule has 0 fully saturated rings. The number of nitrogens with zero attached hydrogens (tertiary/aromatic N) is 1. The Hall–Kier alpha value is -1.74. The lowest BCUT2D eigenvalue weighted by atomic mass is 10.2. The van der Waals surface area contributed by atoms with E-state index in [0.717, 1.165) is 31.1 Å². The van der Waals surface area contributed by atoms with Crippen molar-refractivity contribution in [3.8, 4) is 6.07 Å². The summed E-state index contributed by atoms with van der Waals surface area (Å²) < 4.78 is 0. The normalized spacial score (nSPS) is 10.0. The van der Waals surface area contributed by atoms with Crippen molar-refractivity contribution in [1.82, 2.24) is 4.98 Å². The smallest absolute Gasteiger partial charge is 0.257 e. The van der Waals surface area contributed by atoms with Gasteiger partial charge in [-0.05, 0) is 18.2 Å². The first-order valence-electron chi connectivity index (χ1n) is 5.61. The van der Waals surface area contributed by atoms with Gasteiger partial charge >= 0.3 is 0 Å². The van der Waals surface area contributed by atoms with E-state index in [-0.39, 0.29) is 5.56 Å². The predicted octanol–water partition coefficient (Wildman–Crippen LogP) is 0.892. The van der Waals surface area contributed by atoms with Crippen molar-refractivity contribution in [3.05, 3.63) is 27.5 Å². The molecule has 96 valence electrons. The van der Waals surface area contributed by atoms with Crippen LogP contribution in [0, 0.1) is 11.3 Å². The molecule has 0 bridgehead atoms. The molecular formula is C12H13N2O3S-. The molecule has 0 spiro atoms. The average Bonchev–Trinajstić information content (AvgIpc) is 2.34. The van der Waals surface area contributed by atoms with Crippen LogP contribution in [-0.4, -0.2) is 16.7 Å². The van der Waals surface area contributed by atoms with E-state index in [0.29, 0.717) is 5.03 Å². The predicted molar refractivity (Wildman–Crippen MR) is 66.4 cm³/mol. The highest BCUT2D eigenvalue weighted by molar-refractivity contribution is 7.99. The van der Waals surface area contributed by atoms with E-state index in [1.165, 1.54) is 11.8 Å². The van der Waals surface area contributed by atoms with E-state index < -0.39 is 17.1 Å². The van der Waals surface area contributed by atoms with Crippen molar-refractivity contribution in [2.45, 2.75) is 31.2 Å². The lowest BCUT2D eigenvalue weighted by Crippen LogP contribution is -2.30. The maximum atomic E-state index is 11.4. The van der Waals surface area contributed by atoms with Crippen LogP contribution in [0.15, 0.2) is 15.9 Å². The van der Waals surface area contributed by atoms with Gasteiger partial charge in [-0.1, -0.05) is 19.8 Å². The van der Waals surface area contributed by atoms with Crippen LogP contribution in [0.25, 0.3) is 0 Å². The fraction of sp³-hybridized carbons (Fsp3) is 0.417. The van der Waals surface area contributed by atoms with E-state index in [1.807, 2.05) is 6.07 Å². The second-order valence-corrected chi connectivity index (χ2v) is 4.81. The number of aromatic nitrogens is 1. The largest absolute Gasteiger partial charge is 0.545 e. The van der Waals surface area contributed by atoms with Crippen molar-refractivity contribution in [2.24, 2.45) is 0 Å². The molecule has 5 nitrogen and oxygen atoms in total. The Bertz CT molecular complexity index is 531. The molecule has 1 aromatic rings. The van der Waals surface area contributed by atoms with Gasteiger partial charge in [-0.2, -0.15) is 5.26 Å². The highest BCUT2D eigenvalue weighted by Gasteiger charge is 2.09. The number of aromatic carboxylic acids is 1. The third-order valence-electron chi connectivity index (χ3n) is 2.34. The Balaban J connectivity index is 2.93. The Morgan fingerprint density at radius 2 is 2.28 bits per heavy atom. The van der Waals surface area contributed by atoms with Gasteiger partial charge in [0.1, 0.15) is 6.07 Å². The molecule has 1 heterocycles. The van der Waals surface area contributed by atoms with Gasteiger partial charge in [0.15, 0.2) is 0 Å². The molecule has 6 heteroatoms. The summed E-state index contributed by atoms with van der Waals surface area (Å²) in [4.78, 5) is 24.5. The van der Waals surface area contributed by atoms with E-state index in [9.17, 15) is 14.7 Å². The molecule has 0 aromatic carbocycles. The second-order valence-electron chi connectivity index (χ2n) is 3.71. The number of unbranched alkanes of at least 4 members (excludes halogenated alkanes) is 2. The summed E-state index contributed by atoms with van der Waals surface area (Å²) in [5.74, 6) is -0.793. The Kier molecular flexibility index (Phi) is 5.46. The van der Waals surface area contributed by atoms with E-state index in [4.69, 9.17) is 5.26 Å². The molecule has 0 aliphatic carbocycles. The van der Waals surface area contributed by atoms with Gasteiger partial charge in [0, 0.05) is 0 Å². The number of carbonyl (C=O) groups is 1. The third kappa shape index (κ3) is 3.64. The SMILES string of the molecule is CCCCCSc1[nH]c(=O)c(C(=O)[O-])cc1C#N. The first kappa shape index (κ1) is 14.3. The van der Waals surface area contributed by atoms with Gasteiger partial charge in [-0.3, -0.25) is 4.79 Å². The zero-order valence-electron chi connectivity index (χ0n) is 9.99. The van der Waals surface area contributed by atoms with Crippen molar-refractivity contribution in [2.75, 3.05) is 5.75 Å². The third-order valence-corrected chi connectivity index (χ3v) is 3.44. The number of carbonyl (C=O) groups excluding carboxylic acids is 1. The summed E-state index contributed by atoms with van der Waals surface area (Å²) in [6.07, 6.45) is 3.15. The van der Waals surface area contributed by atoms with Crippen molar-refractivity contribution >= 4 is 17.7 Å². The van der Waals surface area contributed by atoms with Gasteiger partial charge in [0.05, 0.1) is 22.1 Å². The Morgan fingerprint density at radius 1 is 1.56 bits per heavy atom. The number of carboxylic acid groups (broad SMARTS) is 1. The zero-order valence-corrected chi connectivity index (χ0v) is 10.8. The molecule has 1 N–H and O–H groups in total. The molecular weight excluding hydrogens is 252 g/mol. The number of hydrogen-bond donors (Lipinski definition) is 1. The van der Waals surface area contributed by atoms with Gasteiger partial charge in [0.25, 0.3) is 5.56 Å². The lowest BCUT2D eigenvalue weighted by Gasteiger charge is -2.06. The Labute approximate surface area is 109 Å². The topological polar surface area (TPSA) is 96.8 Å². The molecule has 0 radical (unpaired) electrons. The molecule has 0 saturated carbocycles. The van der Waals surface area contributed by atoms with Gasteiger partial charge in [0.2, 0.25) is 0 Å². The maximum Gasteiger partial charge on any atom is 0.257 e. The van der Waals surface area contributed by atoms with Crippen LogP contribution in [0.4, 0.5) is 0 Å². The van der Waals surface area contributed by atoms with Crippen LogP contribution in [0.3, 0.4) is 0 Å². The molecule has 18 heavy (non-hydrogen) atoms. The summed E-state index contributed by atoms with van der Waals surface area (Å²) in [5, 5.41) is 20.0. The number of hydrogen-bond acceptors (Lipinski definition) is 5. The first-order valence-corrected chi connectivity index (χ1v) is 6.60. The van der Waals surface area contributed by atoms with Crippen LogP contribution < -0.4 is 10.7 Å². The molecule has 0 amide bonds. The minimum Gasteiger partial charge on any atom is -0.545 e. The second kappa shape index (κ2) is 6.87. The van der Waals surface area contributed by atoms with E-state index in [2.05, 4.69) is 11.9 Å². The average molecular weight is 265 g/mol. The van der Waals surface area contributed by atoms with Gasteiger partial charge in [-0.15, -0.1) is 11.8 Å². The van der Waals surface area contributed by atoms with Crippen molar-refractivity contribution in [1.29, 1.82) is 5.26 Å². The minimum atomic E-state index is -1.57. The number of carboxylic acids is 1. The van der Waals surface area contributed by atoms with Crippen LogP contribution in [0.5, 0.6) is 0 Å². The standard InChI is InChI=1S/C12H14N2O3S/c1-2-3-4-5-18-11-8(7-13)6-9(12(16)17)10(15)14-11/h6H,2-5H2,1H3,(H,14,15)(H,16,17)/p-1.